The number of nitrogens with zero attached hydrogens (tertiary/aromatic N) is 1. The number of para-hydroxylation sites is 1. The Bertz CT molecular complexity index is 338. The van der Waals surface area contributed by atoms with E-state index in [2.05, 4.69) is 4.90 Å². The fourth-order valence-corrected chi connectivity index (χ4v) is 2.50. The van der Waals surface area contributed by atoms with Crippen molar-refractivity contribution in [3.8, 4) is 5.75 Å². The molecule has 3 heteroatoms. The number of nitrogens with two attached hydrogens (primary N) is 1. The van der Waals surface area contributed by atoms with Crippen LogP contribution in [0.3, 0.4) is 0 Å². The molecule has 1 aromatic rings. The van der Waals surface area contributed by atoms with E-state index in [1.54, 1.807) is 0 Å². The molecule has 0 saturated heterocycles. The lowest BCUT2D eigenvalue weighted by molar-refractivity contribution is 0.118. The van der Waals surface area contributed by atoms with Crippen molar-refractivity contribution in [2.24, 2.45) is 5.73 Å². The average molecular weight is 262 g/mol. The van der Waals surface area contributed by atoms with Crippen LogP contribution in [0.2, 0.25) is 0 Å². The summed E-state index contributed by atoms with van der Waals surface area (Å²) in [5, 5.41) is 0. The highest BCUT2D eigenvalue weighted by Crippen LogP contribution is 2.24. The van der Waals surface area contributed by atoms with Crippen LogP contribution in [-0.2, 0) is 0 Å². The molecule has 0 heterocycles. The minimum Gasteiger partial charge on any atom is -0.494 e. The molecule has 19 heavy (non-hydrogen) atoms. The molecule has 1 fully saturated rings. The summed E-state index contributed by atoms with van der Waals surface area (Å²) in [6, 6.07) is 10.9. The Morgan fingerprint density at radius 1 is 1.11 bits per heavy atom. The fraction of sp³-hybridized carbons (Fsp3) is 0.625. The summed E-state index contributed by atoms with van der Waals surface area (Å²) >= 11 is 0. The van der Waals surface area contributed by atoms with E-state index < -0.39 is 0 Å². The van der Waals surface area contributed by atoms with Crippen LogP contribution in [0, 0.1) is 0 Å². The first kappa shape index (κ1) is 14.4. The summed E-state index contributed by atoms with van der Waals surface area (Å²) in [6.45, 7) is 3.88. The van der Waals surface area contributed by atoms with Crippen LogP contribution in [-0.4, -0.2) is 37.2 Å². The van der Waals surface area contributed by atoms with Crippen molar-refractivity contribution >= 4 is 0 Å². The molecule has 0 bridgehead atoms. The molecule has 3 nitrogen and oxygen atoms in total. The van der Waals surface area contributed by atoms with Crippen LogP contribution in [0.25, 0.3) is 0 Å². The Hall–Kier alpha value is -1.06. The SMILES string of the molecule is NCCCN(CCCOc1ccccc1)C1CCC1. The van der Waals surface area contributed by atoms with Gasteiger partial charge in [-0.25, -0.2) is 0 Å². The summed E-state index contributed by atoms with van der Waals surface area (Å²) < 4.78 is 5.74. The highest BCUT2D eigenvalue weighted by molar-refractivity contribution is 5.20. The number of hydrogen-bond acceptors (Lipinski definition) is 3. The van der Waals surface area contributed by atoms with E-state index >= 15 is 0 Å². The summed E-state index contributed by atoms with van der Waals surface area (Å²) in [5.41, 5.74) is 5.62. The molecule has 0 amide bonds. The number of rotatable bonds is 9. The van der Waals surface area contributed by atoms with Gasteiger partial charge >= 0.3 is 0 Å². The molecule has 2 rings (SSSR count). The van der Waals surface area contributed by atoms with Gasteiger partial charge in [-0.1, -0.05) is 24.6 Å². The van der Waals surface area contributed by atoms with Gasteiger partial charge in [0, 0.05) is 12.6 Å². The lowest BCUT2D eigenvalue weighted by Crippen LogP contribution is -2.42. The van der Waals surface area contributed by atoms with E-state index in [0.717, 1.165) is 50.9 Å². The van der Waals surface area contributed by atoms with E-state index in [9.17, 15) is 0 Å². The van der Waals surface area contributed by atoms with Crippen LogP contribution in [0.1, 0.15) is 32.1 Å². The normalized spacial score (nSPS) is 15.5. The molecule has 0 aliphatic heterocycles. The third kappa shape index (κ3) is 4.84. The summed E-state index contributed by atoms with van der Waals surface area (Å²) in [6.07, 6.45) is 6.32. The lowest BCUT2D eigenvalue weighted by Gasteiger charge is -2.37. The van der Waals surface area contributed by atoms with Gasteiger partial charge in [0.15, 0.2) is 0 Å². The second-order valence-corrected chi connectivity index (χ2v) is 5.28. The van der Waals surface area contributed by atoms with Crippen LogP contribution in [0.15, 0.2) is 30.3 Å². The van der Waals surface area contributed by atoms with Crippen molar-refractivity contribution in [3.63, 3.8) is 0 Å². The molecule has 0 unspecified atom stereocenters. The Kier molecular flexibility index (Phi) is 6.18. The summed E-state index contributed by atoms with van der Waals surface area (Å²) in [7, 11) is 0. The molecule has 0 spiro atoms. The third-order valence-electron chi connectivity index (χ3n) is 3.84. The Morgan fingerprint density at radius 2 is 1.84 bits per heavy atom. The maximum atomic E-state index is 5.74. The molecule has 0 radical (unpaired) electrons. The summed E-state index contributed by atoms with van der Waals surface area (Å²) in [5.74, 6) is 0.972. The highest BCUT2D eigenvalue weighted by atomic mass is 16.5. The van der Waals surface area contributed by atoms with E-state index in [1.165, 1.54) is 19.3 Å². The maximum absolute atomic E-state index is 5.74. The van der Waals surface area contributed by atoms with E-state index in [0.29, 0.717) is 0 Å². The van der Waals surface area contributed by atoms with Gasteiger partial charge in [0.25, 0.3) is 0 Å². The van der Waals surface area contributed by atoms with Gasteiger partial charge in [-0.15, -0.1) is 0 Å². The first-order valence-electron chi connectivity index (χ1n) is 7.52. The van der Waals surface area contributed by atoms with Crippen molar-refractivity contribution in [3.05, 3.63) is 30.3 Å². The largest absolute Gasteiger partial charge is 0.494 e. The maximum Gasteiger partial charge on any atom is 0.119 e. The van der Waals surface area contributed by atoms with Crippen molar-refractivity contribution in [1.82, 2.24) is 4.90 Å². The van der Waals surface area contributed by atoms with Gasteiger partial charge in [0.05, 0.1) is 6.61 Å². The van der Waals surface area contributed by atoms with Gasteiger partial charge in [0.1, 0.15) is 5.75 Å². The Morgan fingerprint density at radius 3 is 2.47 bits per heavy atom. The van der Waals surface area contributed by atoms with Gasteiger partial charge in [-0.3, -0.25) is 0 Å². The zero-order valence-electron chi connectivity index (χ0n) is 11.8. The zero-order chi connectivity index (χ0) is 13.3. The molecular formula is C16H26N2O. The molecule has 1 aliphatic rings. The molecule has 0 atom stereocenters. The van der Waals surface area contributed by atoms with Gasteiger partial charge in [-0.05, 0) is 50.9 Å². The zero-order valence-corrected chi connectivity index (χ0v) is 11.8. The van der Waals surface area contributed by atoms with Crippen LogP contribution >= 0.6 is 0 Å². The third-order valence-corrected chi connectivity index (χ3v) is 3.84. The monoisotopic (exact) mass is 262 g/mol. The van der Waals surface area contributed by atoms with Crippen LogP contribution < -0.4 is 10.5 Å². The molecule has 1 aromatic carbocycles. The number of benzene rings is 1. The predicted octanol–water partition coefficient (Wildman–Crippen LogP) is 2.66. The van der Waals surface area contributed by atoms with Crippen LogP contribution in [0.4, 0.5) is 0 Å². The highest BCUT2D eigenvalue weighted by Gasteiger charge is 2.23. The fourth-order valence-electron chi connectivity index (χ4n) is 2.50. The standard InChI is InChI=1S/C16H26N2O/c17-11-5-12-18(15-7-4-8-15)13-6-14-19-16-9-2-1-3-10-16/h1-3,9-10,15H,4-8,11-14,17H2. The van der Waals surface area contributed by atoms with Crippen molar-refractivity contribution in [1.29, 1.82) is 0 Å². The summed E-state index contributed by atoms with van der Waals surface area (Å²) in [4.78, 5) is 2.60. The number of hydrogen-bond donors (Lipinski definition) is 1. The smallest absolute Gasteiger partial charge is 0.119 e. The van der Waals surface area contributed by atoms with Gasteiger partial charge in [0.2, 0.25) is 0 Å². The van der Waals surface area contributed by atoms with Crippen molar-refractivity contribution in [2.75, 3.05) is 26.2 Å². The van der Waals surface area contributed by atoms with Crippen molar-refractivity contribution < 1.29 is 4.74 Å². The quantitative estimate of drug-likeness (QED) is 0.695. The van der Waals surface area contributed by atoms with Crippen LogP contribution in [0.5, 0.6) is 5.75 Å². The van der Waals surface area contributed by atoms with E-state index in [4.69, 9.17) is 10.5 Å². The molecule has 1 aliphatic carbocycles. The predicted molar refractivity (Wildman–Crippen MR) is 79.4 cm³/mol. The first-order valence-corrected chi connectivity index (χ1v) is 7.52. The topological polar surface area (TPSA) is 38.5 Å². The van der Waals surface area contributed by atoms with E-state index in [1.807, 2.05) is 30.3 Å². The number of ether oxygens (including phenoxy) is 1. The first-order chi connectivity index (χ1) is 9.40. The van der Waals surface area contributed by atoms with E-state index in [-0.39, 0.29) is 0 Å². The average Bonchev–Trinajstić information content (AvgIpc) is 2.39. The lowest BCUT2D eigenvalue weighted by atomic mass is 9.91. The van der Waals surface area contributed by atoms with Gasteiger partial charge < -0.3 is 15.4 Å². The Labute approximate surface area is 116 Å². The molecular weight excluding hydrogens is 236 g/mol. The minimum atomic E-state index is 0.795. The molecule has 0 aromatic heterocycles. The minimum absolute atomic E-state index is 0.795. The molecule has 2 N–H and O–H groups in total. The molecule has 1 saturated carbocycles. The van der Waals surface area contributed by atoms with Gasteiger partial charge in [-0.2, -0.15) is 0 Å². The second kappa shape index (κ2) is 8.18. The Balaban J connectivity index is 1.64. The molecule has 106 valence electrons. The second-order valence-electron chi connectivity index (χ2n) is 5.28. The van der Waals surface area contributed by atoms with Crippen molar-refractivity contribution in [2.45, 2.75) is 38.1 Å².